The van der Waals surface area contributed by atoms with Crippen molar-refractivity contribution in [3.63, 3.8) is 0 Å². The molecule has 9 nitrogen and oxygen atoms in total. The second-order valence-corrected chi connectivity index (χ2v) is 8.14. The second-order valence-electron chi connectivity index (χ2n) is 5.56. The van der Waals surface area contributed by atoms with Crippen molar-refractivity contribution in [2.45, 2.75) is 4.90 Å². The van der Waals surface area contributed by atoms with Crippen molar-refractivity contribution in [1.82, 2.24) is 10.3 Å². The first-order valence-corrected chi connectivity index (χ1v) is 10.7. The molecular weight excluding hydrogens is 416 g/mol. The fourth-order valence-electron chi connectivity index (χ4n) is 2.20. The Kier molecular flexibility index (Phi) is 6.52. The van der Waals surface area contributed by atoms with Crippen LogP contribution in [-0.2, 0) is 10.0 Å². The van der Waals surface area contributed by atoms with Crippen LogP contribution in [0.25, 0.3) is 0 Å². The van der Waals surface area contributed by atoms with Crippen molar-refractivity contribution >= 4 is 38.2 Å². The summed E-state index contributed by atoms with van der Waals surface area (Å²) in [5.74, 6) is 1.28. The van der Waals surface area contributed by atoms with Gasteiger partial charge >= 0.3 is 6.03 Å². The predicted octanol–water partition coefficient (Wildman–Crippen LogP) is 3.11. The van der Waals surface area contributed by atoms with Crippen molar-refractivity contribution in [2.75, 3.05) is 23.9 Å². The topological polar surface area (TPSA) is 119 Å². The minimum absolute atomic E-state index is 0.0393. The van der Waals surface area contributed by atoms with Gasteiger partial charge in [0, 0.05) is 17.3 Å². The van der Waals surface area contributed by atoms with Gasteiger partial charge in [0.2, 0.25) is 0 Å². The number of ether oxygens (including phenoxy) is 2. The van der Waals surface area contributed by atoms with E-state index in [1.54, 1.807) is 36.8 Å². The molecule has 3 N–H and O–H groups in total. The second kappa shape index (κ2) is 9.26. The molecule has 0 unspecified atom stereocenters. The summed E-state index contributed by atoms with van der Waals surface area (Å²) in [6.07, 6.45) is 1.51. The van der Waals surface area contributed by atoms with E-state index in [1.165, 1.54) is 41.8 Å². The number of carbonyl (C=O) groups excluding carboxylic acids is 1. The lowest BCUT2D eigenvalue weighted by molar-refractivity contribution is 0.234. The van der Waals surface area contributed by atoms with E-state index < -0.39 is 16.1 Å². The number of urea groups is 1. The third-order valence-electron chi connectivity index (χ3n) is 3.61. The summed E-state index contributed by atoms with van der Waals surface area (Å²) in [6.45, 7) is -0.0393. The fourth-order valence-corrected chi connectivity index (χ4v) is 3.99. The molecule has 0 saturated heterocycles. The molecule has 2 amide bonds. The van der Waals surface area contributed by atoms with Gasteiger partial charge in [0.1, 0.15) is 11.5 Å². The molecule has 1 aromatic heterocycles. The Morgan fingerprint density at radius 2 is 1.76 bits per heavy atom. The summed E-state index contributed by atoms with van der Waals surface area (Å²) >= 11 is 1.18. The van der Waals surface area contributed by atoms with Crippen molar-refractivity contribution in [3.8, 4) is 11.5 Å². The number of amides is 2. The van der Waals surface area contributed by atoms with E-state index in [9.17, 15) is 13.2 Å². The van der Waals surface area contributed by atoms with Crippen molar-refractivity contribution in [1.29, 1.82) is 0 Å². The van der Waals surface area contributed by atoms with Gasteiger partial charge in [0.05, 0.1) is 12.0 Å². The molecule has 0 saturated carbocycles. The number of hydrogen-bond acceptors (Lipinski definition) is 7. The Labute approximate surface area is 171 Å². The van der Waals surface area contributed by atoms with E-state index in [-0.39, 0.29) is 16.8 Å². The fraction of sp³-hybridized carbons (Fsp3) is 0.111. The highest BCUT2D eigenvalue weighted by molar-refractivity contribution is 7.93. The summed E-state index contributed by atoms with van der Waals surface area (Å²) in [5.41, 5.74) is 0.431. The highest BCUT2D eigenvalue weighted by atomic mass is 32.2. The smallest absolute Gasteiger partial charge is 0.321 e. The van der Waals surface area contributed by atoms with Crippen LogP contribution in [0.4, 0.5) is 15.6 Å². The molecule has 11 heteroatoms. The zero-order valence-electron chi connectivity index (χ0n) is 15.3. The molecule has 0 atom stereocenters. The van der Waals surface area contributed by atoms with E-state index in [2.05, 4.69) is 20.3 Å². The van der Waals surface area contributed by atoms with Crippen molar-refractivity contribution in [3.05, 3.63) is 60.1 Å². The van der Waals surface area contributed by atoms with Gasteiger partial charge in [-0.05, 0) is 48.5 Å². The number of nitrogens with one attached hydrogen (secondary N) is 3. The van der Waals surface area contributed by atoms with Gasteiger partial charge in [-0.3, -0.25) is 4.72 Å². The van der Waals surface area contributed by atoms with Gasteiger partial charge in [0.25, 0.3) is 10.0 Å². The highest BCUT2D eigenvalue weighted by Crippen LogP contribution is 2.20. The Bertz CT molecular complexity index is 1040. The Morgan fingerprint density at radius 1 is 1.07 bits per heavy atom. The number of thiazole rings is 1. The van der Waals surface area contributed by atoms with Gasteiger partial charge in [-0.1, -0.05) is 0 Å². The monoisotopic (exact) mass is 434 g/mol. The number of anilines is 2. The number of rotatable bonds is 8. The third-order valence-corrected chi connectivity index (χ3v) is 5.78. The van der Waals surface area contributed by atoms with Gasteiger partial charge in [0.15, 0.2) is 11.9 Å². The summed E-state index contributed by atoms with van der Waals surface area (Å²) < 4.78 is 37.4. The lowest BCUT2D eigenvalue weighted by atomic mass is 10.3. The number of benzene rings is 2. The first-order valence-electron chi connectivity index (χ1n) is 8.30. The molecule has 152 valence electrons. The molecule has 0 bridgehead atoms. The normalized spacial score (nSPS) is 10.8. The van der Waals surface area contributed by atoms with Crippen LogP contribution in [0.3, 0.4) is 0 Å². The molecule has 3 rings (SSSR count). The van der Waals surface area contributed by atoms with Crippen LogP contribution in [0.2, 0.25) is 0 Å². The summed E-state index contributed by atoms with van der Waals surface area (Å²) in [4.78, 5) is 15.9. The first-order chi connectivity index (χ1) is 14.0. The maximum Gasteiger partial charge on any atom is 0.321 e. The molecular formula is C18H18N4O5S2. The summed E-state index contributed by atoms with van der Waals surface area (Å²) in [5, 5.41) is 7.09. The van der Waals surface area contributed by atoms with Crippen LogP contribution < -0.4 is 24.8 Å². The lowest BCUT2D eigenvalue weighted by Gasteiger charge is -2.10. The summed E-state index contributed by atoms with van der Waals surface area (Å²) in [7, 11) is -2.17. The molecule has 0 fully saturated rings. The van der Waals surface area contributed by atoms with E-state index in [1.807, 2.05) is 0 Å². The Balaban J connectivity index is 1.49. The van der Waals surface area contributed by atoms with E-state index >= 15 is 0 Å². The Hall–Kier alpha value is -3.31. The number of carbonyl (C=O) groups is 1. The quantitative estimate of drug-likeness (QED) is 0.469. The molecule has 0 aliphatic carbocycles. The lowest BCUT2D eigenvalue weighted by Crippen LogP contribution is -2.32. The standard InChI is InChI=1S/C18H18N4O5S2/c1-26-14-4-6-15(7-5-14)27-12-20-17(23)21-13-2-8-16(9-3-13)29(24,25)22-18-19-10-11-28-18/h2-11H,12H2,1H3,(H,19,22)(H2,20,21,23). The molecule has 0 spiro atoms. The molecule has 3 aromatic rings. The first kappa shape index (κ1) is 20.4. The zero-order valence-corrected chi connectivity index (χ0v) is 16.9. The molecule has 0 aliphatic rings. The average molecular weight is 434 g/mol. The average Bonchev–Trinajstić information content (AvgIpc) is 3.21. The Morgan fingerprint density at radius 3 is 2.38 bits per heavy atom. The minimum Gasteiger partial charge on any atom is -0.497 e. The minimum atomic E-state index is -3.74. The molecule has 0 radical (unpaired) electrons. The van der Waals surface area contributed by atoms with Crippen LogP contribution in [0.1, 0.15) is 0 Å². The third kappa shape index (κ3) is 5.83. The van der Waals surface area contributed by atoms with Crippen LogP contribution in [-0.4, -0.2) is 33.3 Å². The zero-order chi connectivity index (χ0) is 20.7. The van der Waals surface area contributed by atoms with Crippen molar-refractivity contribution in [2.24, 2.45) is 0 Å². The van der Waals surface area contributed by atoms with Gasteiger partial charge in [-0.15, -0.1) is 11.3 Å². The van der Waals surface area contributed by atoms with E-state index in [4.69, 9.17) is 9.47 Å². The maximum atomic E-state index is 12.3. The molecule has 1 heterocycles. The SMILES string of the molecule is COc1ccc(OCNC(=O)Nc2ccc(S(=O)(=O)Nc3nccs3)cc2)cc1. The van der Waals surface area contributed by atoms with Gasteiger partial charge in [-0.25, -0.2) is 18.2 Å². The van der Waals surface area contributed by atoms with Crippen molar-refractivity contribution < 1.29 is 22.7 Å². The van der Waals surface area contributed by atoms with Crippen LogP contribution in [0, 0.1) is 0 Å². The largest absolute Gasteiger partial charge is 0.497 e. The molecule has 0 aliphatic heterocycles. The highest BCUT2D eigenvalue weighted by Gasteiger charge is 2.15. The van der Waals surface area contributed by atoms with Crippen LogP contribution in [0.15, 0.2) is 65.0 Å². The van der Waals surface area contributed by atoms with Gasteiger partial charge in [-0.2, -0.15) is 0 Å². The number of nitrogens with zero attached hydrogens (tertiary/aromatic N) is 1. The van der Waals surface area contributed by atoms with Crippen LogP contribution >= 0.6 is 11.3 Å². The van der Waals surface area contributed by atoms with E-state index in [0.717, 1.165) is 0 Å². The van der Waals surface area contributed by atoms with Gasteiger partial charge < -0.3 is 20.1 Å². The molecule has 2 aromatic carbocycles. The van der Waals surface area contributed by atoms with E-state index in [0.29, 0.717) is 17.2 Å². The summed E-state index contributed by atoms with van der Waals surface area (Å²) in [6, 6.07) is 12.2. The number of sulfonamides is 1. The number of aromatic nitrogens is 1. The number of methoxy groups -OCH3 is 1. The van der Waals surface area contributed by atoms with Crippen LogP contribution in [0.5, 0.6) is 11.5 Å². The molecule has 29 heavy (non-hydrogen) atoms. The predicted molar refractivity (Wildman–Crippen MR) is 110 cm³/mol. The maximum absolute atomic E-state index is 12.3. The number of hydrogen-bond donors (Lipinski definition) is 3.